The lowest BCUT2D eigenvalue weighted by Gasteiger charge is -2.06. The molecule has 0 saturated heterocycles. The lowest BCUT2D eigenvalue weighted by molar-refractivity contribution is -0.748. The molecule has 2 rings (SSSR count). The van der Waals surface area contributed by atoms with Crippen molar-refractivity contribution in [3.8, 4) is 6.07 Å². The van der Waals surface area contributed by atoms with Crippen LogP contribution in [0.4, 0.5) is 0 Å². The van der Waals surface area contributed by atoms with E-state index in [1.54, 1.807) is 11.8 Å². The first-order valence-electron chi connectivity index (χ1n) is 4.83. The Kier molecular flexibility index (Phi) is 3.03. The first kappa shape index (κ1) is 11.0. The Labute approximate surface area is 102 Å². The maximum absolute atomic E-state index is 9.14. The SMILES string of the molecule is Cc1cc(C)[n+]2c(c1C#N)SCC2CBr. The maximum atomic E-state index is 9.14. The molecule has 0 fully saturated rings. The Balaban J connectivity index is 2.67. The Bertz CT molecular complexity index is 451. The van der Waals surface area contributed by atoms with Gasteiger partial charge in [-0.25, -0.2) is 0 Å². The predicted molar refractivity (Wildman–Crippen MR) is 64.4 cm³/mol. The van der Waals surface area contributed by atoms with Crippen LogP contribution in [0.1, 0.15) is 22.9 Å². The first-order chi connectivity index (χ1) is 7.19. The van der Waals surface area contributed by atoms with E-state index >= 15 is 0 Å². The molecular weight excluding hydrogens is 272 g/mol. The molecule has 0 spiro atoms. The van der Waals surface area contributed by atoms with Crippen LogP contribution >= 0.6 is 27.7 Å². The van der Waals surface area contributed by atoms with Crippen LogP contribution in [0, 0.1) is 25.2 Å². The average molecular weight is 284 g/mol. The van der Waals surface area contributed by atoms with Gasteiger partial charge in [-0.2, -0.15) is 9.83 Å². The number of aromatic nitrogens is 1. The Morgan fingerprint density at radius 2 is 2.40 bits per heavy atom. The van der Waals surface area contributed by atoms with Crippen molar-refractivity contribution in [2.45, 2.75) is 24.9 Å². The zero-order valence-electron chi connectivity index (χ0n) is 8.75. The van der Waals surface area contributed by atoms with E-state index in [-0.39, 0.29) is 0 Å². The van der Waals surface area contributed by atoms with Gasteiger partial charge in [0.25, 0.3) is 5.03 Å². The van der Waals surface area contributed by atoms with Crippen molar-refractivity contribution in [2.75, 3.05) is 11.1 Å². The summed E-state index contributed by atoms with van der Waals surface area (Å²) in [6, 6.07) is 4.90. The molecule has 4 heteroatoms. The van der Waals surface area contributed by atoms with Crippen molar-refractivity contribution >= 4 is 27.7 Å². The normalized spacial score (nSPS) is 18.7. The third-order valence-electron chi connectivity index (χ3n) is 2.70. The summed E-state index contributed by atoms with van der Waals surface area (Å²) in [5.74, 6) is 1.06. The van der Waals surface area contributed by atoms with Gasteiger partial charge in [0.15, 0.2) is 11.7 Å². The molecule has 1 atom stereocenters. The molecule has 2 nitrogen and oxygen atoms in total. The molecule has 15 heavy (non-hydrogen) atoms. The van der Waals surface area contributed by atoms with Gasteiger partial charge < -0.3 is 0 Å². The zero-order chi connectivity index (χ0) is 11.0. The highest BCUT2D eigenvalue weighted by molar-refractivity contribution is 9.09. The van der Waals surface area contributed by atoms with Crippen LogP contribution in [-0.4, -0.2) is 11.1 Å². The van der Waals surface area contributed by atoms with Crippen molar-refractivity contribution < 1.29 is 4.57 Å². The quantitative estimate of drug-likeness (QED) is 0.585. The van der Waals surface area contributed by atoms with Crippen LogP contribution in [0.15, 0.2) is 11.1 Å². The predicted octanol–water partition coefficient (Wildman–Crippen LogP) is 2.50. The molecule has 1 aromatic rings. The number of hydrogen-bond donors (Lipinski definition) is 0. The largest absolute Gasteiger partial charge is 0.259 e. The van der Waals surface area contributed by atoms with Crippen molar-refractivity contribution in [3.63, 3.8) is 0 Å². The summed E-state index contributed by atoms with van der Waals surface area (Å²) in [5, 5.41) is 11.2. The number of rotatable bonds is 1. The van der Waals surface area contributed by atoms with Crippen LogP contribution in [-0.2, 0) is 0 Å². The van der Waals surface area contributed by atoms with Gasteiger partial charge in [0.1, 0.15) is 11.6 Å². The van der Waals surface area contributed by atoms with E-state index in [1.807, 2.05) is 6.92 Å². The van der Waals surface area contributed by atoms with E-state index < -0.39 is 0 Å². The molecule has 1 unspecified atom stereocenters. The molecule has 0 saturated carbocycles. The van der Waals surface area contributed by atoms with Crippen molar-refractivity contribution in [1.29, 1.82) is 5.26 Å². The molecule has 1 aromatic heterocycles. The van der Waals surface area contributed by atoms with Crippen molar-refractivity contribution in [2.24, 2.45) is 0 Å². The van der Waals surface area contributed by atoms with Crippen LogP contribution in [0.25, 0.3) is 0 Å². The van der Waals surface area contributed by atoms with E-state index in [0.29, 0.717) is 6.04 Å². The number of pyridine rings is 1. The second-order valence-corrected chi connectivity index (χ2v) is 5.41. The lowest BCUT2D eigenvalue weighted by atomic mass is 10.1. The highest BCUT2D eigenvalue weighted by Gasteiger charge is 2.35. The smallest absolute Gasteiger partial charge is 0.192 e. The summed E-state index contributed by atoms with van der Waals surface area (Å²) in [4.78, 5) is 0. The van der Waals surface area contributed by atoms with Gasteiger partial charge in [-0.05, 0) is 24.2 Å². The molecule has 0 radical (unpaired) electrons. The number of hydrogen-bond acceptors (Lipinski definition) is 2. The van der Waals surface area contributed by atoms with E-state index in [2.05, 4.69) is 39.6 Å². The Morgan fingerprint density at radius 3 is 3.00 bits per heavy atom. The topological polar surface area (TPSA) is 27.7 Å². The van der Waals surface area contributed by atoms with E-state index in [1.165, 1.54) is 5.69 Å². The minimum atomic E-state index is 0.484. The van der Waals surface area contributed by atoms with Crippen LogP contribution < -0.4 is 4.57 Å². The van der Waals surface area contributed by atoms with Crippen LogP contribution in [0.5, 0.6) is 0 Å². The van der Waals surface area contributed by atoms with Crippen molar-refractivity contribution in [3.05, 3.63) is 22.9 Å². The second kappa shape index (κ2) is 4.15. The number of thioether (sulfide) groups is 1. The fraction of sp³-hybridized carbons (Fsp3) is 0.455. The number of fused-ring (bicyclic) bond motifs is 1. The van der Waals surface area contributed by atoms with E-state index in [9.17, 15) is 0 Å². The minimum absolute atomic E-state index is 0.484. The summed E-state index contributed by atoms with van der Waals surface area (Å²) >= 11 is 5.32. The molecule has 0 bridgehead atoms. The number of nitrogens with zero attached hydrogens (tertiary/aromatic N) is 2. The van der Waals surface area contributed by atoms with Gasteiger partial charge in [0.2, 0.25) is 0 Å². The summed E-state index contributed by atoms with van der Waals surface area (Å²) < 4.78 is 2.28. The summed E-state index contributed by atoms with van der Waals surface area (Å²) in [7, 11) is 0. The summed E-state index contributed by atoms with van der Waals surface area (Å²) in [5.41, 5.74) is 3.17. The van der Waals surface area contributed by atoms with Gasteiger partial charge >= 0.3 is 0 Å². The van der Waals surface area contributed by atoms with Crippen LogP contribution in [0.3, 0.4) is 0 Å². The van der Waals surface area contributed by atoms with Gasteiger partial charge in [0.05, 0.1) is 11.1 Å². The number of nitriles is 1. The molecule has 2 heterocycles. The molecule has 1 aliphatic heterocycles. The molecule has 1 aliphatic rings. The van der Waals surface area contributed by atoms with Gasteiger partial charge in [-0.3, -0.25) is 0 Å². The first-order valence-corrected chi connectivity index (χ1v) is 6.94. The fourth-order valence-electron chi connectivity index (χ4n) is 2.00. The van der Waals surface area contributed by atoms with E-state index in [0.717, 1.165) is 27.2 Å². The number of aryl methyl sites for hydroxylation is 2. The number of alkyl halides is 1. The third-order valence-corrected chi connectivity index (χ3v) is 4.67. The summed E-state index contributed by atoms with van der Waals surface area (Å²) in [6.45, 7) is 4.12. The standard InChI is InChI=1S/C11H12BrN2S/c1-7-3-8(2)14-9(4-12)6-15-11(14)10(7)5-13/h3,9H,4,6H2,1-2H3/q+1. The fourth-order valence-corrected chi connectivity index (χ4v) is 4.22. The lowest BCUT2D eigenvalue weighted by Crippen LogP contribution is -2.43. The van der Waals surface area contributed by atoms with Crippen molar-refractivity contribution in [1.82, 2.24) is 0 Å². The zero-order valence-corrected chi connectivity index (χ0v) is 11.2. The maximum Gasteiger partial charge on any atom is 0.259 e. The van der Waals surface area contributed by atoms with Crippen LogP contribution in [0.2, 0.25) is 0 Å². The molecule has 78 valence electrons. The Morgan fingerprint density at radius 1 is 1.67 bits per heavy atom. The number of halogens is 1. The van der Waals surface area contributed by atoms with E-state index in [4.69, 9.17) is 5.26 Å². The minimum Gasteiger partial charge on any atom is -0.192 e. The summed E-state index contributed by atoms with van der Waals surface area (Å²) in [6.07, 6.45) is 0. The van der Waals surface area contributed by atoms with Gasteiger partial charge in [0, 0.05) is 13.0 Å². The third kappa shape index (κ3) is 1.68. The second-order valence-electron chi connectivity index (χ2n) is 3.75. The monoisotopic (exact) mass is 283 g/mol. The highest BCUT2D eigenvalue weighted by Crippen LogP contribution is 2.31. The highest BCUT2D eigenvalue weighted by atomic mass is 79.9. The molecule has 0 aliphatic carbocycles. The molecule has 0 aromatic carbocycles. The van der Waals surface area contributed by atoms with Gasteiger partial charge in [-0.15, -0.1) is 0 Å². The van der Waals surface area contributed by atoms with Gasteiger partial charge in [-0.1, -0.05) is 15.9 Å². The molecule has 0 amide bonds. The molecule has 0 N–H and O–H groups in total. The molecular formula is C11H12BrN2S+. The average Bonchev–Trinajstić information content (AvgIpc) is 2.62. The Hall–Kier alpha value is -0.530.